The molecule has 0 aliphatic heterocycles. The van der Waals surface area contributed by atoms with E-state index in [0.29, 0.717) is 5.69 Å². The molecule has 0 bridgehead atoms. The van der Waals surface area contributed by atoms with Gasteiger partial charge in [-0.05, 0) is 47.5 Å². The van der Waals surface area contributed by atoms with Gasteiger partial charge in [0.2, 0.25) is 11.1 Å². The lowest BCUT2D eigenvalue weighted by molar-refractivity contribution is -0.274. The number of nitrogens with one attached hydrogen (secondary N) is 2. The third-order valence-electron chi connectivity index (χ3n) is 3.25. The SMILES string of the molecule is O=C(CSc1nnnn1-c1ccc(OC(F)(F)F)cc1)NC(=O)NC1CC1. The van der Waals surface area contributed by atoms with E-state index in [-0.39, 0.29) is 22.7 Å². The van der Waals surface area contributed by atoms with Crippen molar-refractivity contribution >= 4 is 23.7 Å². The molecule has 0 saturated heterocycles. The highest BCUT2D eigenvalue weighted by Gasteiger charge is 2.31. The van der Waals surface area contributed by atoms with Gasteiger partial charge < -0.3 is 10.1 Å². The third-order valence-corrected chi connectivity index (χ3v) is 4.17. The summed E-state index contributed by atoms with van der Waals surface area (Å²) in [7, 11) is 0. The Morgan fingerprint density at radius 2 is 1.96 bits per heavy atom. The highest BCUT2D eigenvalue weighted by atomic mass is 32.2. The van der Waals surface area contributed by atoms with Gasteiger partial charge in [0.1, 0.15) is 5.75 Å². The number of carbonyl (C=O) groups is 2. The number of urea groups is 1. The minimum atomic E-state index is -4.78. The molecular formula is C14H13F3N6O3S. The monoisotopic (exact) mass is 402 g/mol. The Balaban J connectivity index is 1.57. The van der Waals surface area contributed by atoms with E-state index in [4.69, 9.17) is 0 Å². The molecule has 9 nitrogen and oxygen atoms in total. The number of carbonyl (C=O) groups excluding carboxylic acids is 2. The maximum absolute atomic E-state index is 12.2. The first-order valence-corrected chi connectivity index (χ1v) is 8.66. The van der Waals surface area contributed by atoms with Crippen molar-refractivity contribution in [2.75, 3.05) is 5.75 Å². The van der Waals surface area contributed by atoms with Gasteiger partial charge >= 0.3 is 12.4 Å². The number of rotatable bonds is 6. The van der Waals surface area contributed by atoms with Gasteiger partial charge in [0, 0.05) is 6.04 Å². The summed E-state index contributed by atoms with van der Waals surface area (Å²) < 4.78 is 41.6. The lowest BCUT2D eigenvalue weighted by Crippen LogP contribution is -2.41. The van der Waals surface area contributed by atoms with Crippen molar-refractivity contribution in [1.29, 1.82) is 0 Å². The van der Waals surface area contributed by atoms with Crippen LogP contribution in [-0.2, 0) is 4.79 Å². The summed E-state index contributed by atoms with van der Waals surface area (Å²) in [5.41, 5.74) is 0.379. The Kier molecular flexibility index (Phi) is 5.48. The number of halogens is 3. The normalized spacial score (nSPS) is 13.9. The molecule has 0 unspecified atom stereocenters. The van der Waals surface area contributed by atoms with Crippen LogP contribution in [0, 0.1) is 0 Å². The number of imide groups is 1. The van der Waals surface area contributed by atoms with Gasteiger partial charge in [-0.1, -0.05) is 11.8 Å². The lowest BCUT2D eigenvalue weighted by atomic mass is 10.3. The van der Waals surface area contributed by atoms with Gasteiger partial charge in [-0.15, -0.1) is 18.3 Å². The molecule has 3 amide bonds. The molecule has 2 aromatic rings. The summed E-state index contributed by atoms with van der Waals surface area (Å²) in [6.45, 7) is 0. The van der Waals surface area contributed by atoms with Gasteiger partial charge in [-0.25, -0.2) is 4.79 Å². The van der Waals surface area contributed by atoms with Crippen LogP contribution in [0.2, 0.25) is 0 Å². The fourth-order valence-electron chi connectivity index (χ4n) is 1.96. The number of aromatic nitrogens is 4. The first-order valence-electron chi connectivity index (χ1n) is 7.68. The van der Waals surface area contributed by atoms with Crippen LogP contribution in [0.4, 0.5) is 18.0 Å². The molecular weight excluding hydrogens is 389 g/mol. The molecule has 0 radical (unpaired) electrons. The molecule has 1 saturated carbocycles. The van der Waals surface area contributed by atoms with E-state index in [1.165, 1.54) is 16.8 Å². The van der Waals surface area contributed by atoms with Crippen LogP contribution in [0.15, 0.2) is 29.4 Å². The summed E-state index contributed by atoms with van der Waals surface area (Å²) >= 11 is 0.971. The van der Waals surface area contributed by atoms with Crippen molar-refractivity contribution in [3.8, 4) is 11.4 Å². The smallest absolute Gasteiger partial charge is 0.406 e. The zero-order chi connectivity index (χ0) is 19.4. The number of alkyl halides is 3. The fourth-order valence-corrected chi connectivity index (χ4v) is 2.65. The Morgan fingerprint density at radius 3 is 2.59 bits per heavy atom. The molecule has 1 fully saturated rings. The number of nitrogens with zero attached hydrogens (tertiary/aromatic N) is 4. The molecule has 1 heterocycles. The minimum Gasteiger partial charge on any atom is -0.406 e. The molecule has 1 aromatic heterocycles. The van der Waals surface area contributed by atoms with Crippen molar-refractivity contribution in [2.24, 2.45) is 0 Å². The van der Waals surface area contributed by atoms with Gasteiger partial charge in [0.25, 0.3) is 0 Å². The number of ether oxygens (including phenoxy) is 1. The Bertz CT molecular complexity index is 822. The number of tetrazole rings is 1. The highest BCUT2D eigenvalue weighted by molar-refractivity contribution is 7.99. The second kappa shape index (κ2) is 7.82. The van der Waals surface area contributed by atoms with E-state index < -0.39 is 18.3 Å². The van der Waals surface area contributed by atoms with E-state index in [2.05, 4.69) is 30.9 Å². The number of thioether (sulfide) groups is 1. The summed E-state index contributed by atoms with van der Waals surface area (Å²) in [4.78, 5) is 23.3. The van der Waals surface area contributed by atoms with Crippen molar-refractivity contribution < 1.29 is 27.5 Å². The number of hydrogen-bond acceptors (Lipinski definition) is 7. The molecule has 27 heavy (non-hydrogen) atoms. The lowest BCUT2D eigenvalue weighted by Gasteiger charge is -2.09. The second-order valence-electron chi connectivity index (χ2n) is 5.50. The standard InChI is InChI=1S/C14H13F3N6O3S/c15-14(16,17)26-10-5-3-9(4-6-10)23-13(20-21-22-23)27-7-11(24)19-12(25)18-8-1-2-8/h3-6,8H,1-2,7H2,(H2,18,19,24,25). The third kappa shape index (κ3) is 5.84. The van der Waals surface area contributed by atoms with E-state index >= 15 is 0 Å². The van der Waals surface area contributed by atoms with Crippen LogP contribution in [-0.4, -0.2) is 50.3 Å². The van der Waals surface area contributed by atoms with Crippen molar-refractivity contribution in [3.05, 3.63) is 24.3 Å². The summed E-state index contributed by atoms with van der Waals surface area (Å²) in [6, 6.07) is 4.49. The maximum atomic E-state index is 12.2. The van der Waals surface area contributed by atoms with Crippen LogP contribution in [0.25, 0.3) is 5.69 Å². The minimum absolute atomic E-state index is 0.117. The molecule has 3 rings (SSSR count). The van der Waals surface area contributed by atoms with Crippen molar-refractivity contribution in [2.45, 2.75) is 30.4 Å². The molecule has 0 atom stereocenters. The van der Waals surface area contributed by atoms with Gasteiger partial charge in [0.05, 0.1) is 11.4 Å². The van der Waals surface area contributed by atoms with E-state index in [1.807, 2.05) is 0 Å². The average Bonchev–Trinajstić information content (AvgIpc) is 3.26. The van der Waals surface area contributed by atoms with Gasteiger partial charge in [0.15, 0.2) is 0 Å². The van der Waals surface area contributed by atoms with E-state index in [0.717, 1.165) is 36.7 Å². The van der Waals surface area contributed by atoms with E-state index in [1.54, 1.807) is 0 Å². The second-order valence-corrected chi connectivity index (χ2v) is 6.44. The number of amides is 3. The van der Waals surface area contributed by atoms with Crippen LogP contribution in [0.5, 0.6) is 5.75 Å². The topological polar surface area (TPSA) is 111 Å². The summed E-state index contributed by atoms with van der Waals surface area (Å²) in [5, 5.41) is 16.0. The summed E-state index contributed by atoms with van der Waals surface area (Å²) in [6.07, 6.45) is -2.98. The van der Waals surface area contributed by atoms with Crippen LogP contribution >= 0.6 is 11.8 Å². The van der Waals surface area contributed by atoms with Crippen molar-refractivity contribution in [3.63, 3.8) is 0 Å². The Morgan fingerprint density at radius 1 is 1.26 bits per heavy atom. The zero-order valence-electron chi connectivity index (χ0n) is 13.6. The molecule has 0 spiro atoms. The quantitative estimate of drug-likeness (QED) is 0.707. The van der Waals surface area contributed by atoms with Crippen LogP contribution < -0.4 is 15.4 Å². The number of hydrogen-bond donors (Lipinski definition) is 2. The molecule has 144 valence electrons. The number of benzene rings is 1. The van der Waals surface area contributed by atoms with E-state index in [9.17, 15) is 22.8 Å². The summed E-state index contributed by atoms with van der Waals surface area (Å²) in [5.74, 6) is -1.02. The highest BCUT2D eigenvalue weighted by Crippen LogP contribution is 2.25. The maximum Gasteiger partial charge on any atom is 0.573 e. The predicted octanol–water partition coefficient (Wildman–Crippen LogP) is 1.64. The first kappa shape index (κ1) is 18.9. The largest absolute Gasteiger partial charge is 0.573 e. The van der Waals surface area contributed by atoms with Gasteiger partial charge in [-0.3, -0.25) is 10.1 Å². The van der Waals surface area contributed by atoms with Crippen LogP contribution in [0.3, 0.4) is 0 Å². The Hall–Kier alpha value is -2.83. The average molecular weight is 402 g/mol. The van der Waals surface area contributed by atoms with Crippen LogP contribution in [0.1, 0.15) is 12.8 Å². The predicted molar refractivity (Wildman–Crippen MR) is 86.3 cm³/mol. The molecule has 1 aliphatic rings. The van der Waals surface area contributed by atoms with Crippen molar-refractivity contribution in [1.82, 2.24) is 30.8 Å². The first-order chi connectivity index (χ1) is 12.8. The molecule has 2 N–H and O–H groups in total. The zero-order valence-corrected chi connectivity index (χ0v) is 14.4. The molecule has 1 aromatic carbocycles. The Labute approximate surface area is 154 Å². The fraction of sp³-hybridized carbons (Fsp3) is 0.357. The van der Waals surface area contributed by atoms with Gasteiger partial charge in [-0.2, -0.15) is 4.68 Å². The molecule has 1 aliphatic carbocycles. The molecule has 13 heteroatoms.